The number of rotatable bonds is 4. The van der Waals surface area contributed by atoms with Crippen molar-refractivity contribution in [2.45, 2.75) is 76.0 Å². The fourth-order valence-corrected chi connectivity index (χ4v) is 4.74. The highest BCUT2D eigenvalue weighted by Gasteiger charge is 2.42. The number of amides is 2. The Kier molecular flexibility index (Phi) is 5.98. The van der Waals surface area contributed by atoms with Gasteiger partial charge in [-0.1, -0.05) is 56.0 Å². The Morgan fingerprint density at radius 1 is 1.04 bits per heavy atom. The van der Waals surface area contributed by atoms with Crippen LogP contribution in [-0.4, -0.2) is 41.4 Å². The zero-order valence-electron chi connectivity index (χ0n) is 16.4. The van der Waals surface area contributed by atoms with Crippen LogP contribution in [0.25, 0.3) is 6.08 Å². The highest BCUT2D eigenvalue weighted by molar-refractivity contribution is 5.98. The molecule has 1 saturated heterocycles. The number of benzene rings is 1. The Bertz CT molecular complexity index is 725. The van der Waals surface area contributed by atoms with Gasteiger partial charge in [-0.05, 0) is 43.7 Å². The van der Waals surface area contributed by atoms with Gasteiger partial charge in [0.2, 0.25) is 5.91 Å². The third kappa shape index (κ3) is 4.40. The van der Waals surface area contributed by atoms with Crippen LogP contribution in [0.1, 0.15) is 63.4 Å². The maximum Gasteiger partial charge on any atom is 0.289 e. The standard InChI is InChI=1S/C23H30N2O3/c26-22(24-18-11-5-2-6-12-18)16-25-19-13-7-8-14-20(19)28-21(23(25)27)15-17-9-3-1-4-10-17/h1,3-4,9-10,15,18-20H,2,5-8,11-14,16H2,(H,24,26)/b21-15+. The van der Waals surface area contributed by atoms with Crippen molar-refractivity contribution in [1.29, 1.82) is 0 Å². The Morgan fingerprint density at radius 3 is 2.54 bits per heavy atom. The minimum Gasteiger partial charge on any atom is -0.482 e. The van der Waals surface area contributed by atoms with Crippen molar-refractivity contribution in [3.63, 3.8) is 0 Å². The molecule has 4 rings (SSSR count). The van der Waals surface area contributed by atoms with Crippen LogP contribution in [0.5, 0.6) is 0 Å². The topological polar surface area (TPSA) is 58.6 Å². The molecule has 3 fully saturated rings. The first-order valence-electron chi connectivity index (χ1n) is 10.7. The van der Waals surface area contributed by atoms with Crippen molar-refractivity contribution in [2.75, 3.05) is 6.54 Å². The first-order valence-corrected chi connectivity index (χ1v) is 10.7. The molecule has 2 unspecified atom stereocenters. The molecule has 2 saturated carbocycles. The summed E-state index contributed by atoms with van der Waals surface area (Å²) in [5.74, 6) is 0.163. The molecule has 3 aliphatic rings. The van der Waals surface area contributed by atoms with Crippen LogP contribution in [-0.2, 0) is 14.3 Å². The van der Waals surface area contributed by atoms with Gasteiger partial charge in [0.15, 0.2) is 5.76 Å². The van der Waals surface area contributed by atoms with Gasteiger partial charge in [-0.25, -0.2) is 0 Å². The number of carbonyl (C=O) groups is 2. The number of fused-ring (bicyclic) bond motifs is 1. The largest absolute Gasteiger partial charge is 0.482 e. The molecule has 5 nitrogen and oxygen atoms in total. The maximum atomic E-state index is 13.2. The molecule has 2 aliphatic carbocycles. The van der Waals surface area contributed by atoms with Gasteiger partial charge in [-0.15, -0.1) is 0 Å². The van der Waals surface area contributed by atoms with Gasteiger partial charge >= 0.3 is 0 Å². The van der Waals surface area contributed by atoms with E-state index >= 15 is 0 Å². The highest BCUT2D eigenvalue weighted by atomic mass is 16.5. The molecular formula is C23H30N2O3. The number of ether oxygens (including phenoxy) is 1. The van der Waals surface area contributed by atoms with Gasteiger partial charge in [0.1, 0.15) is 12.6 Å². The monoisotopic (exact) mass is 382 g/mol. The molecule has 1 heterocycles. The molecule has 2 atom stereocenters. The van der Waals surface area contributed by atoms with E-state index in [0.29, 0.717) is 5.76 Å². The molecule has 0 bridgehead atoms. The van der Waals surface area contributed by atoms with E-state index in [1.165, 1.54) is 19.3 Å². The van der Waals surface area contributed by atoms with Gasteiger partial charge < -0.3 is 15.0 Å². The average molecular weight is 383 g/mol. The van der Waals surface area contributed by atoms with Crippen LogP contribution < -0.4 is 5.32 Å². The minimum atomic E-state index is -0.161. The summed E-state index contributed by atoms with van der Waals surface area (Å²) in [6, 6.07) is 10.0. The number of nitrogens with one attached hydrogen (secondary N) is 1. The van der Waals surface area contributed by atoms with Crippen LogP contribution in [0.15, 0.2) is 36.1 Å². The summed E-state index contributed by atoms with van der Waals surface area (Å²) in [7, 11) is 0. The van der Waals surface area contributed by atoms with Crippen molar-refractivity contribution in [3.8, 4) is 0 Å². The van der Waals surface area contributed by atoms with Gasteiger partial charge in [0.05, 0.1) is 6.04 Å². The molecule has 28 heavy (non-hydrogen) atoms. The van der Waals surface area contributed by atoms with Crippen molar-refractivity contribution in [1.82, 2.24) is 10.2 Å². The molecule has 1 aromatic carbocycles. The lowest BCUT2D eigenvalue weighted by Gasteiger charge is -2.44. The maximum absolute atomic E-state index is 13.2. The van der Waals surface area contributed by atoms with Crippen LogP contribution in [0.4, 0.5) is 0 Å². The summed E-state index contributed by atoms with van der Waals surface area (Å²) in [5, 5.41) is 3.15. The summed E-state index contributed by atoms with van der Waals surface area (Å²) < 4.78 is 6.11. The summed E-state index contributed by atoms with van der Waals surface area (Å²) in [6.07, 6.45) is 11.5. The van der Waals surface area contributed by atoms with Crippen molar-refractivity contribution in [3.05, 3.63) is 41.7 Å². The van der Waals surface area contributed by atoms with E-state index in [1.54, 1.807) is 11.0 Å². The second-order valence-corrected chi connectivity index (χ2v) is 8.26. The summed E-state index contributed by atoms with van der Waals surface area (Å²) in [5.41, 5.74) is 0.937. The van der Waals surface area contributed by atoms with Crippen molar-refractivity contribution >= 4 is 17.9 Å². The lowest BCUT2D eigenvalue weighted by atomic mass is 9.89. The van der Waals surface area contributed by atoms with Crippen LogP contribution in [0.2, 0.25) is 0 Å². The molecular weight excluding hydrogens is 352 g/mol. The van der Waals surface area contributed by atoms with Gasteiger partial charge in [0.25, 0.3) is 5.91 Å². The fourth-order valence-electron chi connectivity index (χ4n) is 4.74. The van der Waals surface area contributed by atoms with E-state index in [4.69, 9.17) is 4.74 Å². The lowest BCUT2D eigenvalue weighted by Crippen LogP contribution is -2.57. The fraction of sp³-hybridized carbons (Fsp3) is 0.565. The molecule has 0 aromatic heterocycles. The molecule has 150 valence electrons. The number of nitrogens with zero attached hydrogens (tertiary/aromatic N) is 1. The van der Waals surface area contributed by atoms with Crippen molar-refractivity contribution < 1.29 is 14.3 Å². The first kappa shape index (κ1) is 19.0. The second kappa shape index (κ2) is 8.80. The Morgan fingerprint density at radius 2 is 1.75 bits per heavy atom. The Labute approximate surface area is 167 Å². The van der Waals surface area contributed by atoms with E-state index in [0.717, 1.165) is 44.1 Å². The quantitative estimate of drug-likeness (QED) is 0.809. The zero-order valence-corrected chi connectivity index (χ0v) is 16.4. The van der Waals surface area contributed by atoms with Crippen LogP contribution in [0.3, 0.4) is 0 Å². The van der Waals surface area contributed by atoms with E-state index in [2.05, 4.69) is 5.32 Å². The van der Waals surface area contributed by atoms with Crippen molar-refractivity contribution in [2.24, 2.45) is 0 Å². The van der Waals surface area contributed by atoms with Gasteiger partial charge in [-0.3, -0.25) is 9.59 Å². The Balaban J connectivity index is 1.50. The summed E-state index contributed by atoms with van der Waals surface area (Å²) in [6.45, 7) is 0.131. The second-order valence-electron chi connectivity index (χ2n) is 8.26. The zero-order chi connectivity index (χ0) is 19.3. The van der Waals surface area contributed by atoms with E-state index in [-0.39, 0.29) is 36.5 Å². The highest BCUT2D eigenvalue weighted by Crippen LogP contribution is 2.33. The molecule has 0 spiro atoms. The number of hydrogen-bond acceptors (Lipinski definition) is 3. The average Bonchev–Trinajstić information content (AvgIpc) is 2.72. The number of hydrogen-bond donors (Lipinski definition) is 1. The van der Waals surface area contributed by atoms with Gasteiger partial charge in [0, 0.05) is 6.04 Å². The minimum absolute atomic E-state index is 0.00581. The van der Waals surface area contributed by atoms with Crippen LogP contribution in [0, 0.1) is 0 Å². The third-order valence-corrected chi connectivity index (χ3v) is 6.20. The smallest absolute Gasteiger partial charge is 0.289 e. The molecule has 1 aliphatic heterocycles. The SMILES string of the molecule is O=C(CN1C(=O)/C(=C\c2ccccc2)OC2CCCCC21)NC1CCCCC1. The summed E-state index contributed by atoms with van der Waals surface area (Å²) >= 11 is 0. The predicted octanol–water partition coefficient (Wildman–Crippen LogP) is 3.65. The molecule has 5 heteroatoms. The number of carbonyl (C=O) groups excluding carboxylic acids is 2. The summed E-state index contributed by atoms with van der Waals surface area (Å²) in [4.78, 5) is 27.6. The normalized spacial score (nSPS) is 27.2. The first-order chi connectivity index (χ1) is 13.7. The molecule has 1 N–H and O–H groups in total. The predicted molar refractivity (Wildman–Crippen MR) is 108 cm³/mol. The van der Waals surface area contributed by atoms with Crippen LogP contribution >= 0.6 is 0 Å². The lowest BCUT2D eigenvalue weighted by molar-refractivity contribution is -0.152. The van der Waals surface area contributed by atoms with E-state index in [1.807, 2.05) is 30.3 Å². The third-order valence-electron chi connectivity index (χ3n) is 6.20. The van der Waals surface area contributed by atoms with Gasteiger partial charge in [-0.2, -0.15) is 0 Å². The molecule has 1 aromatic rings. The number of morpholine rings is 1. The molecule has 0 radical (unpaired) electrons. The Hall–Kier alpha value is -2.30. The van der Waals surface area contributed by atoms with E-state index < -0.39 is 0 Å². The van der Waals surface area contributed by atoms with E-state index in [9.17, 15) is 9.59 Å². The molecule has 2 amide bonds.